The fraction of sp³-hybridized carbons (Fsp3) is 0.250. The quantitative estimate of drug-likeness (QED) is 0.343. The second kappa shape index (κ2) is 1.73. The third-order valence-electron chi connectivity index (χ3n) is 0.799. The Morgan fingerprint density at radius 1 is 1.50 bits per heavy atom. The van der Waals surface area contributed by atoms with Crippen molar-refractivity contribution >= 4 is 18.3 Å². The molecule has 1 rings (SSSR count). The Balaban J connectivity index is 2.62. The number of nitrogens with zero attached hydrogens (tertiary/aromatic N) is 2. The highest BCUT2D eigenvalue weighted by molar-refractivity contribution is 6.18. The van der Waals surface area contributed by atoms with Crippen LogP contribution in [0.5, 0.6) is 0 Å². The van der Waals surface area contributed by atoms with E-state index in [4.69, 9.17) is 11.1 Å². The molecule has 0 aromatic carbocycles. The third kappa shape index (κ3) is 0.726. The van der Waals surface area contributed by atoms with Crippen molar-refractivity contribution in [1.29, 1.82) is 5.41 Å². The monoisotopic (exact) mass is 110 g/mol. The van der Waals surface area contributed by atoms with Gasteiger partial charge in [-0.05, 0) is 0 Å². The fourth-order valence-corrected chi connectivity index (χ4v) is 0.439. The number of amidine groups is 1. The summed E-state index contributed by atoms with van der Waals surface area (Å²) in [5.74, 6) is -0.00463. The van der Waals surface area contributed by atoms with Gasteiger partial charge >= 0.3 is 0 Å². The van der Waals surface area contributed by atoms with Gasteiger partial charge in [-0.25, -0.2) is 0 Å². The maximum Gasteiger partial charge on any atom is 0.195 e. The lowest BCUT2D eigenvalue weighted by Crippen LogP contribution is -2.22. The molecule has 0 unspecified atom stereocenters. The number of nitrogens with two attached hydrogens (primary N) is 1. The summed E-state index contributed by atoms with van der Waals surface area (Å²) in [4.78, 5) is 7.48. The molecule has 1 aliphatic rings. The van der Waals surface area contributed by atoms with E-state index in [0.717, 1.165) is 0 Å². The van der Waals surface area contributed by atoms with E-state index in [0.29, 0.717) is 0 Å². The van der Waals surface area contributed by atoms with Crippen molar-refractivity contribution in [2.45, 2.75) is 6.17 Å². The van der Waals surface area contributed by atoms with Crippen LogP contribution >= 0.6 is 0 Å². The Labute approximate surface area is 46.6 Å². The molecule has 4 heteroatoms. The van der Waals surface area contributed by atoms with Gasteiger partial charge in [-0.2, -0.15) is 0 Å². The minimum atomic E-state index is -0.435. The van der Waals surface area contributed by atoms with Gasteiger partial charge < -0.3 is 5.73 Å². The molecule has 0 saturated carbocycles. The molecule has 42 valence electrons. The molecular weight excluding hydrogens is 104 g/mol. The van der Waals surface area contributed by atoms with Crippen LogP contribution in [0.3, 0.4) is 0 Å². The van der Waals surface area contributed by atoms with Gasteiger partial charge in [0, 0.05) is 12.4 Å². The summed E-state index contributed by atoms with van der Waals surface area (Å²) in [6.07, 6.45) is 2.63. The molecule has 0 spiro atoms. The third-order valence-corrected chi connectivity index (χ3v) is 0.799. The molecule has 0 aromatic heterocycles. The Morgan fingerprint density at radius 3 is 2.25 bits per heavy atom. The van der Waals surface area contributed by atoms with E-state index < -0.39 is 6.17 Å². The first kappa shape index (κ1) is 4.96. The van der Waals surface area contributed by atoms with E-state index in [9.17, 15) is 0 Å². The van der Waals surface area contributed by atoms with Crippen molar-refractivity contribution in [2.24, 2.45) is 15.7 Å². The SMILES string of the molecule is N=C(N)C1N=CC=N1. The van der Waals surface area contributed by atoms with Crippen LogP contribution in [0.25, 0.3) is 0 Å². The molecule has 0 aromatic rings. The number of hydrogen-bond acceptors (Lipinski definition) is 3. The van der Waals surface area contributed by atoms with Gasteiger partial charge in [-0.15, -0.1) is 0 Å². The molecule has 0 atom stereocenters. The zero-order valence-electron chi connectivity index (χ0n) is 4.20. The molecule has 1 aliphatic heterocycles. The average molecular weight is 110 g/mol. The average Bonchev–Trinajstić information content (AvgIpc) is 2.12. The second-order valence-corrected chi connectivity index (χ2v) is 1.43. The predicted molar refractivity (Wildman–Crippen MR) is 32.7 cm³/mol. The van der Waals surface area contributed by atoms with E-state index in [1.165, 1.54) is 12.4 Å². The highest BCUT2D eigenvalue weighted by atomic mass is 15.1. The number of rotatable bonds is 1. The lowest BCUT2D eigenvalue weighted by Gasteiger charge is -1.96. The first-order valence-electron chi connectivity index (χ1n) is 2.19. The number of nitrogens with one attached hydrogen (secondary N) is 1. The van der Waals surface area contributed by atoms with Gasteiger partial charge in [-0.3, -0.25) is 15.4 Å². The molecule has 0 saturated heterocycles. The van der Waals surface area contributed by atoms with Crippen molar-refractivity contribution in [3.63, 3.8) is 0 Å². The van der Waals surface area contributed by atoms with E-state index >= 15 is 0 Å². The highest BCUT2D eigenvalue weighted by Gasteiger charge is 2.06. The summed E-state index contributed by atoms with van der Waals surface area (Å²) in [6.45, 7) is 0. The van der Waals surface area contributed by atoms with E-state index in [2.05, 4.69) is 9.98 Å². The van der Waals surface area contributed by atoms with E-state index in [-0.39, 0.29) is 5.84 Å². The van der Waals surface area contributed by atoms with Crippen LogP contribution in [0.2, 0.25) is 0 Å². The van der Waals surface area contributed by atoms with Crippen molar-refractivity contribution in [2.75, 3.05) is 0 Å². The predicted octanol–water partition coefficient (Wildman–Crippen LogP) is -0.596. The van der Waals surface area contributed by atoms with Crippen LogP contribution in [-0.2, 0) is 0 Å². The highest BCUT2D eigenvalue weighted by Crippen LogP contribution is 1.93. The minimum Gasteiger partial charge on any atom is -0.384 e. The first-order chi connectivity index (χ1) is 3.80. The smallest absolute Gasteiger partial charge is 0.195 e. The maximum atomic E-state index is 6.84. The summed E-state index contributed by atoms with van der Waals surface area (Å²) in [5, 5.41) is 6.84. The molecule has 0 fully saturated rings. The van der Waals surface area contributed by atoms with E-state index in [1.807, 2.05) is 0 Å². The van der Waals surface area contributed by atoms with Crippen LogP contribution in [0.4, 0.5) is 0 Å². The van der Waals surface area contributed by atoms with Crippen molar-refractivity contribution in [1.82, 2.24) is 0 Å². The molecule has 8 heavy (non-hydrogen) atoms. The van der Waals surface area contributed by atoms with Crippen LogP contribution in [0.1, 0.15) is 0 Å². The van der Waals surface area contributed by atoms with Crippen molar-refractivity contribution in [3.8, 4) is 0 Å². The molecule has 3 N–H and O–H groups in total. The topological polar surface area (TPSA) is 74.6 Å². The molecule has 0 bridgehead atoms. The zero-order chi connectivity index (χ0) is 5.98. The van der Waals surface area contributed by atoms with Crippen LogP contribution in [0, 0.1) is 5.41 Å². The van der Waals surface area contributed by atoms with Gasteiger partial charge in [0.2, 0.25) is 0 Å². The van der Waals surface area contributed by atoms with Crippen LogP contribution in [0.15, 0.2) is 9.98 Å². The second-order valence-electron chi connectivity index (χ2n) is 1.43. The first-order valence-corrected chi connectivity index (χ1v) is 2.19. The summed E-state index contributed by atoms with van der Waals surface area (Å²) in [7, 11) is 0. The molecule has 0 aliphatic carbocycles. The largest absolute Gasteiger partial charge is 0.384 e. The minimum absolute atomic E-state index is 0.00463. The summed E-state index contributed by atoms with van der Waals surface area (Å²) >= 11 is 0. The van der Waals surface area contributed by atoms with Gasteiger partial charge in [0.25, 0.3) is 0 Å². The molecular formula is C4H6N4. The Bertz CT molecular complexity index is 145. The van der Waals surface area contributed by atoms with Gasteiger partial charge in [0.1, 0.15) is 5.84 Å². The normalized spacial score (nSPS) is 17.5. The molecule has 0 amide bonds. The number of aliphatic imine (C=N–C) groups is 2. The Kier molecular flexibility index (Phi) is 1.07. The van der Waals surface area contributed by atoms with Gasteiger partial charge in [0.15, 0.2) is 6.17 Å². The zero-order valence-corrected chi connectivity index (χ0v) is 4.20. The van der Waals surface area contributed by atoms with Gasteiger partial charge in [-0.1, -0.05) is 0 Å². The molecule has 4 nitrogen and oxygen atoms in total. The lowest BCUT2D eigenvalue weighted by atomic mass is 10.5. The summed E-state index contributed by atoms with van der Waals surface area (Å²) in [5.41, 5.74) is 5.05. The standard InChI is InChI=1S/C4H6N4/c5-3(6)4-7-1-2-8-4/h1-2,4H,(H3,5,6). The number of hydrogen-bond donors (Lipinski definition) is 2. The Hall–Kier alpha value is -1.19. The fourth-order valence-electron chi connectivity index (χ4n) is 0.439. The summed E-state index contributed by atoms with van der Waals surface area (Å²) < 4.78 is 0. The van der Waals surface area contributed by atoms with Crippen molar-refractivity contribution < 1.29 is 0 Å². The van der Waals surface area contributed by atoms with Gasteiger partial charge in [0.05, 0.1) is 0 Å². The maximum absolute atomic E-state index is 6.84. The lowest BCUT2D eigenvalue weighted by molar-refractivity contribution is 0.933. The molecule has 1 heterocycles. The summed E-state index contributed by atoms with van der Waals surface area (Å²) in [6, 6.07) is 0. The van der Waals surface area contributed by atoms with Crippen LogP contribution in [-0.4, -0.2) is 24.4 Å². The van der Waals surface area contributed by atoms with Crippen molar-refractivity contribution in [3.05, 3.63) is 0 Å². The Morgan fingerprint density at radius 2 is 2.00 bits per heavy atom. The van der Waals surface area contributed by atoms with Crippen LogP contribution < -0.4 is 5.73 Å². The van der Waals surface area contributed by atoms with E-state index in [1.54, 1.807) is 0 Å². The molecule has 0 radical (unpaired) electrons.